The zero-order valence-corrected chi connectivity index (χ0v) is 16.1. The largest absolute Gasteiger partial charge is 0.354 e. The van der Waals surface area contributed by atoms with Crippen molar-refractivity contribution in [2.45, 2.75) is 11.3 Å². The molecule has 138 valence electrons. The molecule has 2 rings (SSSR count). The summed E-state index contributed by atoms with van der Waals surface area (Å²) in [7, 11) is -3.71. The lowest BCUT2D eigenvalue weighted by atomic mass is 10.1. The van der Waals surface area contributed by atoms with Crippen molar-refractivity contribution in [2.75, 3.05) is 13.1 Å². The number of hydrogen-bond donors (Lipinski definition) is 3. The molecular formula is C17H18BrN3O4S. The Bertz CT molecular complexity index is 881. The number of sulfonamides is 1. The summed E-state index contributed by atoms with van der Waals surface area (Å²) in [4.78, 5) is 23.7. The number of primary sulfonamides is 1. The van der Waals surface area contributed by atoms with Crippen molar-refractivity contribution in [1.29, 1.82) is 0 Å². The van der Waals surface area contributed by atoms with E-state index < -0.39 is 10.0 Å². The molecule has 0 saturated heterocycles. The molecule has 0 radical (unpaired) electrons. The molecule has 0 fully saturated rings. The molecule has 7 nitrogen and oxygen atoms in total. The number of hydrogen-bond acceptors (Lipinski definition) is 4. The molecule has 0 heterocycles. The average molecular weight is 440 g/mol. The van der Waals surface area contributed by atoms with Gasteiger partial charge in [0, 0.05) is 16.6 Å². The highest BCUT2D eigenvalue weighted by molar-refractivity contribution is 9.10. The highest BCUT2D eigenvalue weighted by atomic mass is 79.9. The molecular weight excluding hydrogens is 422 g/mol. The van der Waals surface area contributed by atoms with Crippen molar-refractivity contribution in [3.05, 3.63) is 64.1 Å². The minimum absolute atomic E-state index is 0.0425. The number of carbonyl (C=O) groups excluding carboxylic acids is 2. The summed E-state index contributed by atoms with van der Waals surface area (Å²) in [6.07, 6.45) is 0.525. The molecule has 4 N–H and O–H groups in total. The zero-order chi connectivity index (χ0) is 19.2. The first kappa shape index (κ1) is 20.1. The summed E-state index contributed by atoms with van der Waals surface area (Å²) in [5.74, 6) is -0.636. The van der Waals surface area contributed by atoms with E-state index in [0.717, 1.165) is 10.0 Å². The van der Waals surface area contributed by atoms with E-state index >= 15 is 0 Å². The lowest BCUT2D eigenvalue weighted by Crippen LogP contribution is -2.37. The molecule has 0 aliphatic carbocycles. The molecule has 0 aliphatic heterocycles. The molecule has 0 unspecified atom stereocenters. The zero-order valence-electron chi connectivity index (χ0n) is 13.7. The Morgan fingerprint density at radius 1 is 0.962 bits per heavy atom. The number of nitrogens with one attached hydrogen (secondary N) is 2. The number of carbonyl (C=O) groups is 2. The van der Waals surface area contributed by atoms with Crippen LogP contribution in [-0.4, -0.2) is 33.3 Å². The lowest BCUT2D eigenvalue weighted by molar-refractivity contribution is -0.120. The molecule has 9 heteroatoms. The van der Waals surface area contributed by atoms with Gasteiger partial charge in [0.1, 0.15) is 0 Å². The van der Waals surface area contributed by atoms with Gasteiger partial charge in [0.15, 0.2) is 0 Å². The second-order valence-corrected chi connectivity index (χ2v) is 7.96. The minimum atomic E-state index is -3.71. The van der Waals surface area contributed by atoms with Gasteiger partial charge in [-0.15, -0.1) is 0 Å². The Kier molecular flexibility index (Phi) is 6.90. The summed E-state index contributed by atoms with van der Waals surface area (Å²) in [5.41, 5.74) is 1.33. The summed E-state index contributed by atoms with van der Waals surface area (Å²) >= 11 is 3.29. The van der Waals surface area contributed by atoms with E-state index in [1.807, 2.05) is 0 Å². The van der Waals surface area contributed by atoms with Crippen LogP contribution in [0.15, 0.2) is 57.9 Å². The van der Waals surface area contributed by atoms with Gasteiger partial charge in [-0.1, -0.05) is 28.1 Å². The van der Waals surface area contributed by atoms with Gasteiger partial charge in [-0.2, -0.15) is 0 Å². The molecule has 2 amide bonds. The first-order chi connectivity index (χ1) is 12.3. The van der Waals surface area contributed by atoms with Crippen LogP contribution in [0.5, 0.6) is 0 Å². The van der Waals surface area contributed by atoms with Crippen molar-refractivity contribution in [2.24, 2.45) is 5.14 Å². The van der Waals surface area contributed by atoms with Crippen LogP contribution in [0.4, 0.5) is 0 Å². The molecule has 0 aromatic heterocycles. The Labute approximate surface area is 160 Å². The first-order valence-electron chi connectivity index (χ1n) is 7.68. The third kappa shape index (κ3) is 6.25. The van der Waals surface area contributed by atoms with Crippen LogP contribution in [-0.2, 0) is 21.2 Å². The Morgan fingerprint density at radius 2 is 1.58 bits per heavy atom. The van der Waals surface area contributed by atoms with Crippen LogP contribution in [0, 0.1) is 0 Å². The van der Waals surface area contributed by atoms with Gasteiger partial charge in [-0.05, 0) is 48.4 Å². The second kappa shape index (κ2) is 8.93. The molecule has 0 bridgehead atoms. The summed E-state index contributed by atoms with van der Waals surface area (Å²) in [6, 6.07) is 12.9. The van der Waals surface area contributed by atoms with E-state index in [1.54, 1.807) is 36.4 Å². The fourth-order valence-corrected chi connectivity index (χ4v) is 2.90. The van der Waals surface area contributed by atoms with Crippen LogP contribution in [0.1, 0.15) is 15.9 Å². The molecule has 2 aromatic carbocycles. The van der Waals surface area contributed by atoms with E-state index in [9.17, 15) is 18.0 Å². The van der Waals surface area contributed by atoms with Crippen LogP contribution < -0.4 is 15.8 Å². The summed E-state index contributed by atoms with van der Waals surface area (Å²) < 4.78 is 23.2. The van der Waals surface area contributed by atoms with Gasteiger partial charge in [-0.25, -0.2) is 13.6 Å². The van der Waals surface area contributed by atoms with Crippen molar-refractivity contribution >= 4 is 37.8 Å². The molecule has 0 atom stereocenters. The Hall–Kier alpha value is -2.23. The number of halogens is 1. The number of nitrogens with two attached hydrogens (primary N) is 1. The van der Waals surface area contributed by atoms with Gasteiger partial charge in [0.25, 0.3) is 5.91 Å². The van der Waals surface area contributed by atoms with Crippen molar-refractivity contribution in [3.8, 4) is 0 Å². The Morgan fingerprint density at radius 3 is 2.15 bits per heavy atom. The molecule has 2 aromatic rings. The van der Waals surface area contributed by atoms with Crippen LogP contribution in [0.2, 0.25) is 0 Å². The third-order valence-corrected chi connectivity index (χ3v) is 4.96. The highest BCUT2D eigenvalue weighted by Crippen LogP contribution is 2.10. The fraction of sp³-hybridized carbons (Fsp3) is 0.176. The van der Waals surface area contributed by atoms with Crippen molar-refractivity contribution in [1.82, 2.24) is 10.6 Å². The van der Waals surface area contributed by atoms with E-state index in [-0.39, 0.29) is 23.3 Å². The standard InChI is InChI=1S/C17H18BrN3O4S/c18-14-5-3-13(4-6-14)17(23)21-11-16(22)20-10-9-12-1-7-15(8-2-12)26(19,24)25/h1-8H,9-11H2,(H,20,22)(H,21,23)(H2,19,24,25). The van der Waals surface area contributed by atoms with Gasteiger partial charge in [0.2, 0.25) is 15.9 Å². The molecule has 0 spiro atoms. The van der Waals surface area contributed by atoms with Crippen LogP contribution in [0.25, 0.3) is 0 Å². The summed E-state index contributed by atoms with van der Waals surface area (Å²) in [5, 5.41) is 10.3. The molecule has 0 aliphatic rings. The van der Waals surface area contributed by atoms with E-state index in [2.05, 4.69) is 26.6 Å². The summed E-state index contributed by atoms with van der Waals surface area (Å²) in [6.45, 7) is 0.237. The smallest absolute Gasteiger partial charge is 0.251 e. The number of amides is 2. The van der Waals surface area contributed by atoms with Crippen molar-refractivity contribution < 1.29 is 18.0 Å². The average Bonchev–Trinajstić information content (AvgIpc) is 2.60. The number of benzene rings is 2. The van der Waals surface area contributed by atoms with Gasteiger partial charge in [0.05, 0.1) is 11.4 Å². The second-order valence-electron chi connectivity index (χ2n) is 5.48. The highest BCUT2D eigenvalue weighted by Gasteiger charge is 2.09. The predicted molar refractivity (Wildman–Crippen MR) is 101 cm³/mol. The van der Waals surface area contributed by atoms with Gasteiger partial charge in [-0.3, -0.25) is 9.59 Å². The maximum absolute atomic E-state index is 11.9. The van der Waals surface area contributed by atoms with E-state index in [0.29, 0.717) is 18.5 Å². The minimum Gasteiger partial charge on any atom is -0.354 e. The molecule has 26 heavy (non-hydrogen) atoms. The maximum Gasteiger partial charge on any atom is 0.251 e. The quantitative estimate of drug-likeness (QED) is 0.599. The molecule has 0 saturated carbocycles. The Balaban J connectivity index is 1.73. The maximum atomic E-state index is 11.9. The van der Waals surface area contributed by atoms with Gasteiger partial charge < -0.3 is 10.6 Å². The van der Waals surface area contributed by atoms with Crippen LogP contribution >= 0.6 is 15.9 Å². The number of rotatable bonds is 7. The lowest BCUT2D eigenvalue weighted by Gasteiger charge is -2.08. The van der Waals surface area contributed by atoms with Gasteiger partial charge >= 0.3 is 0 Å². The topological polar surface area (TPSA) is 118 Å². The third-order valence-electron chi connectivity index (χ3n) is 3.50. The monoisotopic (exact) mass is 439 g/mol. The normalized spacial score (nSPS) is 11.0. The first-order valence-corrected chi connectivity index (χ1v) is 10.0. The fourth-order valence-electron chi connectivity index (χ4n) is 2.12. The van der Waals surface area contributed by atoms with E-state index in [4.69, 9.17) is 5.14 Å². The van der Waals surface area contributed by atoms with Crippen molar-refractivity contribution in [3.63, 3.8) is 0 Å². The van der Waals surface area contributed by atoms with Crippen LogP contribution in [0.3, 0.4) is 0 Å². The predicted octanol–water partition coefficient (Wildman–Crippen LogP) is 1.19. The van der Waals surface area contributed by atoms with E-state index in [1.165, 1.54) is 12.1 Å². The SMILES string of the molecule is NS(=O)(=O)c1ccc(CCNC(=O)CNC(=O)c2ccc(Br)cc2)cc1.